The quantitative estimate of drug-likeness (QED) is 0.800. The van der Waals surface area contributed by atoms with Crippen LogP contribution in [0.1, 0.15) is 18.4 Å². The molecule has 0 spiro atoms. The summed E-state index contributed by atoms with van der Waals surface area (Å²) in [6.07, 6.45) is 2.31. The summed E-state index contributed by atoms with van der Waals surface area (Å²) in [6, 6.07) is 7.97. The maximum atomic E-state index is 5.92. The van der Waals surface area contributed by atoms with Gasteiger partial charge in [-0.2, -0.15) is 0 Å². The minimum absolute atomic E-state index is 0.419. The molecule has 2 rings (SSSR count). The molecule has 82 valence electrons. The van der Waals surface area contributed by atoms with E-state index in [1.165, 1.54) is 5.56 Å². The molecule has 1 aliphatic carbocycles. The third kappa shape index (κ3) is 3.37. The number of nitrogens with one attached hydrogen (secondary N) is 1. The highest BCUT2D eigenvalue weighted by atomic mass is 35.5. The molecule has 1 aromatic carbocycles. The van der Waals surface area contributed by atoms with Crippen LogP contribution in [0, 0.1) is 5.92 Å². The van der Waals surface area contributed by atoms with Crippen molar-refractivity contribution in [3.05, 3.63) is 34.9 Å². The first-order chi connectivity index (χ1) is 7.24. The molecule has 15 heavy (non-hydrogen) atoms. The Balaban J connectivity index is 1.69. The van der Waals surface area contributed by atoms with E-state index in [4.69, 9.17) is 23.2 Å². The van der Waals surface area contributed by atoms with Crippen molar-refractivity contribution < 1.29 is 0 Å². The van der Waals surface area contributed by atoms with Crippen LogP contribution in [0.2, 0.25) is 5.02 Å². The highest BCUT2D eigenvalue weighted by molar-refractivity contribution is 6.30. The highest BCUT2D eigenvalue weighted by Crippen LogP contribution is 2.31. The first-order valence-electron chi connectivity index (χ1n) is 5.33. The molecule has 0 bridgehead atoms. The Morgan fingerprint density at radius 3 is 2.80 bits per heavy atom. The molecule has 3 heteroatoms. The van der Waals surface area contributed by atoms with E-state index >= 15 is 0 Å². The van der Waals surface area contributed by atoms with Gasteiger partial charge in [0.15, 0.2) is 0 Å². The SMILES string of the molecule is Clc1cccc(CNCC2CC(Cl)C2)c1. The minimum atomic E-state index is 0.419. The lowest BCUT2D eigenvalue weighted by atomic mass is 9.85. The van der Waals surface area contributed by atoms with Crippen LogP contribution < -0.4 is 5.32 Å². The van der Waals surface area contributed by atoms with Crippen molar-refractivity contribution in [3.8, 4) is 0 Å². The number of rotatable bonds is 4. The van der Waals surface area contributed by atoms with Crippen LogP contribution >= 0.6 is 23.2 Å². The normalized spacial score (nSPS) is 24.9. The second kappa shape index (κ2) is 5.20. The standard InChI is InChI=1S/C12H15Cl2N/c13-11-3-1-2-9(4-11)7-15-8-10-5-12(14)6-10/h1-4,10,12,15H,5-8H2. The molecule has 1 fully saturated rings. The molecule has 0 amide bonds. The van der Waals surface area contributed by atoms with Crippen molar-refractivity contribution in [3.63, 3.8) is 0 Å². The Hall–Kier alpha value is -0.240. The Morgan fingerprint density at radius 1 is 1.33 bits per heavy atom. The maximum absolute atomic E-state index is 5.92. The molecule has 0 radical (unpaired) electrons. The van der Waals surface area contributed by atoms with Crippen molar-refractivity contribution in [2.24, 2.45) is 5.92 Å². The fourth-order valence-electron chi connectivity index (χ4n) is 1.89. The average molecular weight is 244 g/mol. The van der Waals surface area contributed by atoms with Crippen molar-refractivity contribution in [1.82, 2.24) is 5.32 Å². The molecule has 0 heterocycles. The molecule has 0 atom stereocenters. The molecule has 0 saturated heterocycles. The zero-order valence-corrected chi connectivity index (χ0v) is 10.1. The van der Waals surface area contributed by atoms with E-state index in [1.54, 1.807) is 0 Å². The summed E-state index contributed by atoms with van der Waals surface area (Å²) >= 11 is 11.8. The minimum Gasteiger partial charge on any atom is -0.312 e. The Kier molecular flexibility index (Phi) is 3.90. The molecular weight excluding hydrogens is 229 g/mol. The second-order valence-electron chi connectivity index (χ2n) is 4.20. The Morgan fingerprint density at radius 2 is 2.13 bits per heavy atom. The number of hydrogen-bond donors (Lipinski definition) is 1. The van der Waals surface area contributed by atoms with Crippen LogP contribution in [0.25, 0.3) is 0 Å². The van der Waals surface area contributed by atoms with Gasteiger partial charge in [0.05, 0.1) is 0 Å². The van der Waals surface area contributed by atoms with Crippen molar-refractivity contribution in [1.29, 1.82) is 0 Å². The van der Waals surface area contributed by atoms with Crippen LogP contribution in [0.5, 0.6) is 0 Å². The average Bonchev–Trinajstić information content (AvgIpc) is 2.15. The summed E-state index contributed by atoms with van der Waals surface area (Å²) in [5.41, 5.74) is 1.24. The third-order valence-electron chi connectivity index (χ3n) is 2.83. The Bertz CT molecular complexity index is 321. The van der Waals surface area contributed by atoms with Crippen molar-refractivity contribution in [2.45, 2.75) is 24.8 Å². The molecule has 0 aromatic heterocycles. The molecular formula is C12H15Cl2N. The van der Waals surface area contributed by atoms with E-state index in [2.05, 4.69) is 11.4 Å². The van der Waals surface area contributed by atoms with Gasteiger partial charge in [-0.15, -0.1) is 11.6 Å². The summed E-state index contributed by atoms with van der Waals surface area (Å²) in [5.74, 6) is 0.770. The smallest absolute Gasteiger partial charge is 0.0409 e. The van der Waals surface area contributed by atoms with Crippen LogP contribution in [0.4, 0.5) is 0 Å². The van der Waals surface area contributed by atoms with E-state index in [0.29, 0.717) is 5.38 Å². The van der Waals surface area contributed by atoms with Gasteiger partial charge in [0, 0.05) is 16.9 Å². The highest BCUT2D eigenvalue weighted by Gasteiger charge is 2.26. The summed E-state index contributed by atoms with van der Waals surface area (Å²) in [6.45, 7) is 1.96. The fourth-order valence-corrected chi connectivity index (χ4v) is 2.61. The predicted octanol–water partition coefficient (Wildman–Crippen LogP) is 3.45. The molecule has 1 nitrogen and oxygen atoms in total. The first kappa shape index (κ1) is 11.3. The maximum Gasteiger partial charge on any atom is 0.0409 e. The molecule has 1 aliphatic rings. The van der Waals surface area contributed by atoms with E-state index < -0.39 is 0 Å². The van der Waals surface area contributed by atoms with Crippen LogP contribution in [-0.2, 0) is 6.54 Å². The number of hydrogen-bond acceptors (Lipinski definition) is 1. The second-order valence-corrected chi connectivity index (χ2v) is 5.25. The van der Waals surface area contributed by atoms with Gasteiger partial charge >= 0.3 is 0 Å². The molecule has 0 aliphatic heterocycles. The summed E-state index contributed by atoms with van der Waals surface area (Å²) in [4.78, 5) is 0. The van der Waals surface area contributed by atoms with E-state index in [1.807, 2.05) is 18.2 Å². The van der Waals surface area contributed by atoms with Gasteiger partial charge in [0.25, 0.3) is 0 Å². The number of alkyl halides is 1. The monoisotopic (exact) mass is 243 g/mol. The summed E-state index contributed by atoms with van der Waals surface area (Å²) in [5, 5.41) is 4.66. The zero-order valence-electron chi connectivity index (χ0n) is 8.55. The Labute approximate surface area is 101 Å². The van der Waals surface area contributed by atoms with Gasteiger partial charge in [-0.1, -0.05) is 23.7 Å². The van der Waals surface area contributed by atoms with Crippen molar-refractivity contribution in [2.75, 3.05) is 6.54 Å². The van der Waals surface area contributed by atoms with Gasteiger partial charge in [-0.05, 0) is 43.0 Å². The number of benzene rings is 1. The van der Waals surface area contributed by atoms with Crippen LogP contribution in [0.15, 0.2) is 24.3 Å². The molecule has 1 saturated carbocycles. The molecule has 1 aromatic rings. The van der Waals surface area contributed by atoms with Crippen LogP contribution in [0.3, 0.4) is 0 Å². The lowest BCUT2D eigenvalue weighted by Gasteiger charge is -2.31. The number of halogens is 2. The lowest BCUT2D eigenvalue weighted by Crippen LogP contribution is -2.33. The largest absolute Gasteiger partial charge is 0.312 e. The van der Waals surface area contributed by atoms with Gasteiger partial charge in [0.1, 0.15) is 0 Å². The van der Waals surface area contributed by atoms with Gasteiger partial charge in [0.2, 0.25) is 0 Å². The van der Waals surface area contributed by atoms with Gasteiger partial charge in [-0.25, -0.2) is 0 Å². The van der Waals surface area contributed by atoms with Gasteiger partial charge in [-0.3, -0.25) is 0 Å². The predicted molar refractivity (Wildman–Crippen MR) is 65.5 cm³/mol. The topological polar surface area (TPSA) is 12.0 Å². The zero-order chi connectivity index (χ0) is 10.7. The van der Waals surface area contributed by atoms with E-state index in [0.717, 1.165) is 36.9 Å². The summed E-state index contributed by atoms with van der Waals surface area (Å²) < 4.78 is 0. The first-order valence-corrected chi connectivity index (χ1v) is 6.14. The molecule has 0 unspecified atom stereocenters. The fraction of sp³-hybridized carbons (Fsp3) is 0.500. The van der Waals surface area contributed by atoms with Crippen molar-refractivity contribution >= 4 is 23.2 Å². The van der Waals surface area contributed by atoms with Crippen LogP contribution in [-0.4, -0.2) is 11.9 Å². The van der Waals surface area contributed by atoms with Gasteiger partial charge < -0.3 is 5.32 Å². The molecule has 1 N–H and O–H groups in total. The lowest BCUT2D eigenvalue weighted by molar-refractivity contribution is 0.308. The summed E-state index contributed by atoms with van der Waals surface area (Å²) in [7, 11) is 0. The van der Waals surface area contributed by atoms with E-state index in [9.17, 15) is 0 Å². The van der Waals surface area contributed by atoms with E-state index in [-0.39, 0.29) is 0 Å². The third-order valence-corrected chi connectivity index (χ3v) is 3.42.